The third-order valence-corrected chi connectivity index (χ3v) is 6.83. The molecule has 2 amide bonds. The van der Waals surface area contributed by atoms with E-state index in [1.54, 1.807) is 32.4 Å². The van der Waals surface area contributed by atoms with Crippen molar-refractivity contribution in [2.24, 2.45) is 0 Å². The third kappa shape index (κ3) is 7.15. The number of amides is 2. The number of carbonyl (C=O) groups is 2. The van der Waals surface area contributed by atoms with Crippen LogP contribution in [0.5, 0.6) is 11.5 Å². The van der Waals surface area contributed by atoms with Crippen molar-refractivity contribution >= 4 is 35.0 Å². The van der Waals surface area contributed by atoms with E-state index in [4.69, 9.17) is 9.47 Å². The molecule has 1 atom stereocenters. The largest absolute Gasteiger partial charge is 0.497 e. The van der Waals surface area contributed by atoms with Crippen LogP contribution >= 0.6 is 11.8 Å². The highest BCUT2D eigenvalue weighted by atomic mass is 32.2. The zero-order chi connectivity index (χ0) is 26.0. The SMILES string of the molecule is COc1ccc(OC)c(NC(=O)C(Sc2cccc(NC(=O)Cc3ccccc3)c2)c2ccccc2)c1. The van der Waals surface area contributed by atoms with Gasteiger partial charge in [0.1, 0.15) is 16.7 Å². The van der Waals surface area contributed by atoms with Gasteiger partial charge >= 0.3 is 0 Å². The van der Waals surface area contributed by atoms with Crippen molar-refractivity contribution < 1.29 is 19.1 Å². The Kier molecular flexibility index (Phi) is 8.84. The maximum Gasteiger partial charge on any atom is 0.242 e. The van der Waals surface area contributed by atoms with Gasteiger partial charge in [0.15, 0.2) is 0 Å². The minimum atomic E-state index is -0.549. The zero-order valence-corrected chi connectivity index (χ0v) is 21.5. The lowest BCUT2D eigenvalue weighted by atomic mass is 10.1. The number of benzene rings is 4. The van der Waals surface area contributed by atoms with Gasteiger partial charge in [-0.1, -0.05) is 66.7 Å². The van der Waals surface area contributed by atoms with E-state index in [0.717, 1.165) is 16.0 Å². The summed E-state index contributed by atoms with van der Waals surface area (Å²) >= 11 is 1.40. The molecule has 4 rings (SSSR count). The van der Waals surface area contributed by atoms with Gasteiger partial charge in [-0.15, -0.1) is 11.8 Å². The van der Waals surface area contributed by atoms with Crippen LogP contribution in [0.15, 0.2) is 108 Å². The predicted octanol–water partition coefficient (Wildman–Crippen LogP) is 6.36. The summed E-state index contributed by atoms with van der Waals surface area (Å²) in [5, 5.41) is 5.40. The first kappa shape index (κ1) is 25.9. The first-order valence-electron chi connectivity index (χ1n) is 11.7. The van der Waals surface area contributed by atoms with Crippen molar-refractivity contribution in [2.45, 2.75) is 16.6 Å². The predicted molar refractivity (Wildman–Crippen MR) is 148 cm³/mol. The van der Waals surface area contributed by atoms with Gasteiger partial charge in [-0.25, -0.2) is 0 Å². The molecule has 188 valence electrons. The Morgan fingerprint density at radius 2 is 1.51 bits per heavy atom. The highest BCUT2D eigenvalue weighted by molar-refractivity contribution is 8.00. The summed E-state index contributed by atoms with van der Waals surface area (Å²) in [6, 6.07) is 31.9. The molecule has 2 N–H and O–H groups in total. The van der Waals surface area contributed by atoms with Crippen molar-refractivity contribution in [3.63, 3.8) is 0 Å². The lowest BCUT2D eigenvalue weighted by Crippen LogP contribution is -2.19. The van der Waals surface area contributed by atoms with E-state index in [9.17, 15) is 9.59 Å². The summed E-state index contributed by atoms with van der Waals surface area (Å²) in [5.41, 5.74) is 2.99. The molecule has 7 heteroatoms. The summed E-state index contributed by atoms with van der Waals surface area (Å²) in [4.78, 5) is 27.0. The molecule has 0 aromatic heterocycles. The number of anilines is 2. The van der Waals surface area contributed by atoms with Crippen molar-refractivity contribution in [1.29, 1.82) is 0 Å². The van der Waals surface area contributed by atoms with Crippen LogP contribution in [0.25, 0.3) is 0 Å². The lowest BCUT2D eigenvalue weighted by molar-refractivity contribution is -0.116. The second-order valence-electron chi connectivity index (χ2n) is 8.20. The molecule has 0 bridgehead atoms. The van der Waals surface area contributed by atoms with E-state index < -0.39 is 5.25 Å². The Hall–Kier alpha value is -4.23. The van der Waals surface area contributed by atoms with Crippen LogP contribution in [0.4, 0.5) is 11.4 Å². The van der Waals surface area contributed by atoms with E-state index in [0.29, 0.717) is 22.9 Å². The van der Waals surface area contributed by atoms with Crippen LogP contribution in [0.2, 0.25) is 0 Å². The maximum atomic E-state index is 13.6. The molecule has 0 aliphatic heterocycles. The van der Waals surface area contributed by atoms with Gasteiger partial charge in [-0.05, 0) is 41.5 Å². The summed E-state index contributed by atoms with van der Waals surface area (Å²) in [6.07, 6.45) is 0.287. The summed E-state index contributed by atoms with van der Waals surface area (Å²) in [6.45, 7) is 0. The Bertz CT molecular complexity index is 1350. The molecule has 6 nitrogen and oxygen atoms in total. The van der Waals surface area contributed by atoms with E-state index in [-0.39, 0.29) is 18.2 Å². The Labute approximate surface area is 221 Å². The first-order chi connectivity index (χ1) is 18.1. The van der Waals surface area contributed by atoms with Crippen LogP contribution in [-0.4, -0.2) is 26.0 Å². The fourth-order valence-corrected chi connectivity index (χ4v) is 4.86. The molecular weight excluding hydrogens is 484 g/mol. The molecule has 0 aliphatic rings. The fraction of sp³-hybridized carbons (Fsp3) is 0.133. The molecule has 0 aliphatic carbocycles. The molecule has 0 fully saturated rings. The molecule has 0 radical (unpaired) electrons. The number of ether oxygens (including phenoxy) is 2. The molecule has 0 heterocycles. The third-order valence-electron chi connectivity index (χ3n) is 5.58. The van der Waals surface area contributed by atoms with Gasteiger partial charge < -0.3 is 20.1 Å². The lowest BCUT2D eigenvalue weighted by Gasteiger charge is -2.19. The van der Waals surface area contributed by atoms with Crippen LogP contribution in [0.1, 0.15) is 16.4 Å². The minimum Gasteiger partial charge on any atom is -0.497 e. The average Bonchev–Trinajstić information content (AvgIpc) is 2.92. The number of hydrogen-bond donors (Lipinski definition) is 2. The van der Waals surface area contributed by atoms with E-state index in [1.165, 1.54) is 11.8 Å². The molecule has 37 heavy (non-hydrogen) atoms. The van der Waals surface area contributed by atoms with Crippen molar-refractivity contribution in [1.82, 2.24) is 0 Å². The summed E-state index contributed by atoms with van der Waals surface area (Å²) in [7, 11) is 3.13. The molecule has 0 saturated heterocycles. The number of carbonyl (C=O) groups excluding carboxylic acids is 2. The number of rotatable bonds is 10. The molecule has 0 saturated carbocycles. The first-order valence-corrected chi connectivity index (χ1v) is 12.6. The van der Waals surface area contributed by atoms with Crippen molar-refractivity contribution in [3.8, 4) is 11.5 Å². The van der Waals surface area contributed by atoms with Gasteiger partial charge in [0.2, 0.25) is 11.8 Å². The van der Waals surface area contributed by atoms with Gasteiger partial charge in [-0.3, -0.25) is 9.59 Å². The average molecular weight is 513 g/mol. The van der Waals surface area contributed by atoms with Gasteiger partial charge in [0, 0.05) is 16.6 Å². The quantitative estimate of drug-likeness (QED) is 0.242. The molecule has 0 spiro atoms. The zero-order valence-electron chi connectivity index (χ0n) is 20.6. The maximum absolute atomic E-state index is 13.6. The highest BCUT2D eigenvalue weighted by Gasteiger charge is 2.23. The highest BCUT2D eigenvalue weighted by Crippen LogP contribution is 2.38. The Morgan fingerprint density at radius 3 is 2.22 bits per heavy atom. The monoisotopic (exact) mass is 512 g/mol. The fourth-order valence-electron chi connectivity index (χ4n) is 3.78. The number of hydrogen-bond acceptors (Lipinski definition) is 5. The van der Waals surface area contributed by atoms with E-state index in [1.807, 2.05) is 84.9 Å². The number of nitrogens with one attached hydrogen (secondary N) is 2. The molecular formula is C30H28N2O4S. The van der Waals surface area contributed by atoms with Crippen LogP contribution in [-0.2, 0) is 16.0 Å². The summed E-state index contributed by atoms with van der Waals surface area (Å²) in [5.74, 6) is 0.838. The van der Waals surface area contributed by atoms with Crippen molar-refractivity contribution in [3.05, 3.63) is 114 Å². The smallest absolute Gasteiger partial charge is 0.242 e. The number of methoxy groups -OCH3 is 2. The normalized spacial score (nSPS) is 11.3. The van der Waals surface area contributed by atoms with E-state index in [2.05, 4.69) is 10.6 Å². The summed E-state index contributed by atoms with van der Waals surface area (Å²) < 4.78 is 10.7. The van der Waals surface area contributed by atoms with Gasteiger partial charge in [0.05, 0.1) is 26.3 Å². The topological polar surface area (TPSA) is 76.7 Å². The van der Waals surface area contributed by atoms with Gasteiger partial charge in [0.25, 0.3) is 0 Å². The number of thioether (sulfide) groups is 1. The van der Waals surface area contributed by atoms with Crippen LogP contribution in [0.3, 0.4) is 0 Å². The molecule has 4 aromatic rings. The Morgan fingerprint density at radius 1 is 0.784 bits per heavy atom. The molecule has 4 aromatic carbocycles. The molecule has 1 unspecified atom stereocenters. The van der Waals surface area contributed by atoms with Crippen molar-refractivity contribution in [2.75, 3.05) is 24.9 Å². The Balaban J connectivity index is 1.53. The second kappa shape index (κ2) is 12.6. The minimum absolute atomic E-state index is 0.101. The van der Waals surface area contributed by atoms with Gasteiger partial charge in [-0.2, -0.15) is 0 Å². The second-order valence-corrected chi connectivity index (χ2v) is 9.38. The van der Waals surface area contributed by atoms with E-state index >= 15 is 0 Å². The van der Waals surface area contributed by atoms with Crippen LogP contribution in [0, 0.1) is 0 Å². The standard InChI is InChI=1S/C30H28N2O4S/c1-35-24-16-17-27(36-2)26(20-24)32-30(34)29(22-12-7-4-8-13-22)37-25-15-9-14-23(19-25)31-28(33)18-21-10-5-3-6-11-21/h3-17,19-20,29H,18H2,1-2H3,(H,31,33)(H,32,34). The van der Waals surface area contributed by atoms with Crippen LogP contribution < -0.4 is 20.1 Å².